The van der Waals surface area contributed by atoms with Crippen LogP contribution < -0.4 is 0 Å². The number of nitrogens with zero attached hydrogens (tertiary/aromatic N) is 5. The Bertz CT molecular complexity index is 770. The van der Waals surface area contributed by atoms with E-state index in [1.54, 1.807) is 31.4 Å². The van der Waals surface area contributed by atoms with E-state index in [-0.39, 0.29) is 17.4 Å². The number of rotatable bonds is 2. The summed E-state index contributed by atoms with van der Waals surface area (Å²) in [5, 5.41) is 4.26. The molecular weight excluding hydrogens is 334 g/mol. The third-order valence-electron chi connectivity index (χ3n) is 5.45. The molecule has 0 aromatic carbocycles. The highest BCUT2D eigenvalue weighted by Gasteiger charge is 2.51. The van der Waals surface area contributed by atoms with Gasteiger partial charge in [-0.05, 0) is 25.0 Å². The maximum Gasteiger partial charge on any atom is 0.319 e. The van der Waals surface area contributed by atoms with Gasteiger partial charge in [-0.3, -0.25) is 4.98 Å². The summed E-state index contributed by atoms with van der Waals surface area (Å²) in [7, 11) is 3.56. The predicted octanol–water partition coefficient (Wildman–Crippen LogP) is 2.01. The smallest absolute Gasteiger partial charge is 0.319 e. The fraction of sp³-hybridized carbons (Fsp3) is 0.556. The Kier molecular flexibility index (Phi) is 4.36. The SMILES string of the molecule is CN(C)C(=O)N1CC(c2noc(-c3cccnc3)n2)C2(CCOCC2)C1. The quantitative estimate of drug-likeness (QED) is 0.817. The minimum atomic E-state index is -0.0556. The number of carbonyl (C=O) groups excluding carboxylic acids is 1. The average molecular weight is 357 g/mol. The van der Waals surface area contributed by atoms with Gasteiger partial charge in [-0.1, -0.05) is 5.16 Å². The maximum absolute atomic E-state index is 12.5. The van der Waals surface area contributed by atoms with Crippen molar-refractivity contribution in [1.29, 1.82) is 0 Å². The molecule has 0 radical (unpaired) electrons. The molecule has 0 N–H and O–H groups in total. The molecule has 1 atom stereocenters. The molecule has 8 heteroatoms. The van der Waals surface area contributed by atoms with Crippen LogP contribution in [0.1, 0.15) is 24.6 Å². The number of urea groups is 1. The Morgan fingerprint density at radius 1 is 1.35 bits per heavy atom. The van der Waals surface area contributed by atoms with Gasteiger partial charge in [0.25, 0.3) is 5.89 Å². The molecule has 4 rings (SSSR count). The van der Waals surface area contributed by atoms with Gasteiger partial charge >= 0.3 is 6.03 Å². The first kappa shape index (κ1) is 17.0. The lowest BCUT2D eigenvalue weighted by atomic mass is 9.72. The molecule has 4 heterocycles. The molecule has 2 aromatic heterocycles. The zero-order valence-electron chi connectivity index (χ0n) is 15.1. The number of hydrogen-bond acceptors (Lipinski definition) is 6. The van der Waals surface area contributed by atoms with Crippen molar-refractivity contribution in [2.24, 2.45) is 5.41 Å². The van der Waals surface area contributed by atoms with Crippen molar-refractivity contribution in [2.45, 2.75) is 18.8 Å². The zero-order valence-corrected chi connectivity index (χ0v) is 15.1. The first-order chi connectivity index (χ1) is 12.6. The van der Waals surface area contributed by atoms with E-state index in [9.17, 15) is 4.79 Å². The highest BCUT2D eigenvalue weighted by atomic mass is 16.5. The number of likely N-dealkylation sites (tertiary alicyclic amines) is 1. The van der Waals surface area contributed by atoms with Crippen molar-refractivity contribution in [3.8, 4) is 11.5 Å². The normalized spacial score (nSPS) is 21.9. The van der Waals surface area contributed by atoms with Gasteiger partial charge in [-0.2, -0.15) is 4.98 Å². The van der Waals surface area contributed by atoms with Crippen molar-refractivity contribution in [3.05, 3.63) is 30.4 Å². The van der Waals surface area contributed by atoms with Gasteiger partial charge in [-0.15, -0.1) is 0 Å². The van der Waals surface area contributed by atoms with Gasteiger partial charge < -0.3 is 19.1 Å². The fourth-order valence-corrected chi connectivity index (χ4v) is 4.02. The largest absolute Gasteiger partial charge is 0.381 e. The van der Waals surface area contributed by atoms with Crippen LogP contribution in [-0.2, 0) is 4.74 Å². The fourth-order valence-electron chi connectivity index (χ4n) is 4.02. The molecule has 2 aliphatic heterocycles. The highest BCUT2D eigenvalue weighted by Crippen LogP contribution is 2.49. The summed E-state index contributed by atoms with van der Waals surface area (Å²) in [5.74, 6) is 1.18. The van der Waals surface area contributed by atoms with Gasteiger partial charge in [0.1, 0.15) is 0 Å². The van der Waals surface area contributed by atoms with Crippen LogP contribution in [0.5, 0.6) is 0 Å². The summed E-state index contributed by atoms with van der Waals surface area (Å²) in [5.41, 5.74) is 0.742. The number of aromatic nitrogens is 3. The number of hydrogen-bond donors (Lipinski definition) is 0. The van der Waals surface area contributed by atoms with Crippen LogP contribution in [0.4, 0.5) is 4.79 Å². The van der Waals surface area contributed by atoms with Crippen LogP contribution in [0.25, 0.3) is 11.5 Å². The standard InChI is InChI=1S/C18H23N5O3/c1-22(2)17(24)23-11-14(18(12-23)5-8-25-9-6-18)15-20-16(26-21-15)13-4-3-7-19-10-13/h3-4,7,10,14H,5-6,8-9,11-12H2,1-2H3. The molecule has 0 bridgehead atoms. The lowest BCUT2D eigenvalue weighted by Gasteiger charge is -2.36. The van der Waals surface area contributed by atoms with Crippen LogP contribution in [0, 0.1) is 5.41 Å². The first-order valence-electron chi connectivity index (χ1n) is 8.87. The summed E-state index contributed by atoms with van der Waals surface area (Å²) in [4.78, 5) is 24.8. The Morgan fingerprint density at radius 3 is 2.85 bits per heavy atom. The predicted molar refractivity (Wildman–Crippen MR) is 93.4 cm³/mol. The van der Waals surface area contributed by atoms with E-state index in [0.29, 0.717) is 38.0 Å². The summed E-state index contributed by atoms with van der Waals surface area (Å²) in [6, 6.07) is 3.76. The third-order valence-corrected chi connectivity index (χ3v) is 5.45. The van der Waals surface area contributed by atoms with E-state index in [1.807, 2.05) is 17.0 Å². The Labute approximate surface area is 152 Å². The summed E-state index contributed by atoms with van der Waals surface area (Å²) in [6.07, 6.45) is 5.20. The average Bonchev–Trinajstić information content (AvgIpc) is 3.28. The van der Waals surface area contributed by atoms with Crippen LogP contribution in [0.15, 0.2) is 29.0 Å². The molecule has 2 aromatic rings. The van der Waals surface area contributed by atoms with Gasteiger partial charge in [-0.25, -0.2) is 4.79 Å². The zero-order chi connectivity index (χ0) is 18.1. The minimum absolute atomic E-state index is 0.0225. The second-order valence-corrected chi connectivity index (χ2v) is 7.28. The van der Waals surface area contributed by atoms with E-state index in [4.69, 9.17) is 9.26 Å². The Balaban J connectivity index is 1.64. The van der Waals surface area contributed by atoms with Gasteiger partial charge in [0.2, 0.25) is 0 Å². The second kappa shape index (κ2) is 6.68. The van der Waals surface area contributed by atoms with Crippen LogP contribution >= 0.6 is 0 Å². The van der Waals surface area contributed by atoms with E-state index >= 15 is 0 Å². The van der Waals surface area contributed by atoms with E-state index < -0.39 is 0 Å². The molecule has 2 fully saturated rings. The molecule has 0 saturated carbocycles. The molecule has 2 aliphatic rings. The van der Waals surface area contributed by atoms with Crippen molar-refractivity contribution in [3.63, 3.8) is 0 Å². The number of amides is 2. The Hall–Kier alpha value is -2.48. The maximum atomic E-state index is 12.5. The topological polar surface area (TPSA) is 84.6 Å². The number of ether oxygens (including phenoxy) is 1. The Morgan fingerprint density at radius 2 is 2.15 bits per heavy atom. The van der Waals surface area contributed by atoms with Crippen molar-refractivity contribution >= 4 is 6.03 Å². The number of pyridine rings is 1. The molecule has 138 valence electrons. The van der Waals surface area contributed by atoms with Gasteiger partial charge in [0.05, 0.1) is 5.56 Å². The lowest BCUT2D eigenvalue weighted by molar-refractivity contribution is 0.0118. The van der Waals surface area contributed by atoms with Crippen LogP contribution in [0.3, 0.4) is 0 Å². The van der Waals surface area contributed by atoms with Crippen LogP contribution in [-0.4, -0.2) is 71.4 Å². The molecule has 26 heavy (non-hydrogen) atoms. The molecule has 2 saturated heterocycles. The third kappa shape index (κ3) is 2.94. The highest BCUT2D eigenvalue weighted by molar-refractivity contribution is 5.74. The first-order valence-corrected chi connectivity index (χ1v) is 8.87. The van der Waals surface area contributed by atoms with Gasteiger partial charge in [0.15, 0.2) is 5.82 Å². The monoisotopic (exact) mass is 357 g/mol. The molecule has 8 nitrogen and oxygen atoms in total. The lowest BCUT2D eigenvalue weighted by Crippen LogP contribution is -2.40. The van der Waals surface area contributed by atoms with Crippen molar-refractivity contribution < 1.29 is 14.1 Å². The number of carbonyl (C=O) groups is 1. The molecular formula is C18H23N5O3. The second-order valence-electron chi connectivity index (χ2n) is 7.28. The van der Waals surface area contributed by atoms with Gasteiger partial charge in [0, 0.05) is 64.1 Å². The molecule has 2 amide bonds. The van der Waals surface area contributed by atoms with E-state index in [2.05, 4.69) is 15.1 Å². The van der Waals surface area contributed by atoms with Crippen LogP contribution in [0.2, 0.25) is 0 Å². The summed E-state index contributed by atoms with van der Waals surface area (Å²) in [6.45, 7) is 2.71. The molecule has 1 spiro atoms. The minimum Gasteiger partial charge on any atom is -0.381 e. The van der Waals surface area contributed by atoms with E-state index in [0.717, 1.165) is 18.4 Å². The van der Waals surface area contributed by atoms with Crippen molar-refractivity contribution in [1.82, 2.24) is 24.9 Å². The summed E-state index contributed by atoms with van der Waals surface area (Å²) >= 11 is 0. The van der Waals surface area contributed by atoms with E-state index in [1.165, 1.54) is 0 Å². The van der Waals surface area contributed by atoms with Crippen molar-refractivity contribution in [2.75, 3.05) is 40.4 Å². The molecule has 0 aliphatic carbocycles. The summed E-state index contributed by atoms with van der Waals surface area (Å²) < 4.78 is 11.1. The molecule has 1 unspecified atom stereocenters.